The van der Waals surface area contributed by atoms with E-state index in [4.69, 9.17) is 9.57 Å². The normalized spacial score (nSPS) is 13.2. The first-order valence-electron chi connectivity index (χ1n) is 7.93. The van der Waals surface area contributed by atoms with Gasteiger partial charge in [-0.2, -0.15) is 0 Å². The Bertz CT molecular complexity index is 686. The number of hydrogen-bond donors (Lipinski definition) is 2. The van der Waals surface area contributed by atoms with Crippen LogP contribution in [-0.4, -0.2) is 30.4 Å². The smallest absolute Gasteiger partial charge is 0.326 e. The molecule has 0 aliphatic rings. The molecule has 6 nitrogen and oxygen atoms in total. The van der Waals surface area contributed by atoms with E-state index in [-0.39, 0.29) is 5.92 Å². The van der Waals surface area contributed by atoms with Crippen LogP contribution in [0.25, 0.3) is 0 Å². The van der Waals surface area contributed by atoms with Crippen LogP contribution in [0.5, 0.6) is 5.75 Å². The number of carboxylic acid groups (broad SMARTS) is 1. The van der Waals surface area contributed by atoms with Gasteiger partial charge in [0.2, 0.25) is 0 Å². The fraction of sp³-hybridized carbons (Fsp3) is 0.263. The number of nitrogens with one attached hydrogen (secondary N) is 1. The number of aliphatic carboxylic acids is 1. The largest absolute Gasteiger partial charge is 0.497 e. The first kappa shape index (κ1) is 18.3. The van der Waals surface area contributed by atoms with Crippen LogP contribution in [-0.2, 0) is 16.2 Å². The number of hydrogen-bond acceptors (Lipinski definition) is 5. The lowest BCUT2D eigenvalue weighted by Crippen LogP contribution is -2.36. The predicted octanol–water partition coefficient (Wildman–Crippen LogP) is 3.40. The molecule has 25 heavy (non-hydrogen) atoms. The molecule has 0 aromatic heterocycles. The SMILES string of the molecule is COc1ccc(NC(C(=O)O)C(C)/C=N/OCc2ccccc2)cc1. The van der Waals surface area contributed by atoms with E-state index in [1.165, 1.54) is 6.21 Å². The molecule has 132 valence electrons. The van der Waals surface area contributed by atoms with Crippen molar-refractivity contribution in [3.05, 3.63) is 60.2 Å². The molecule has 2 rings (SSSR count). The van der Waals surface area contributed by atoms with Crippen LogP contribution in [0.3, 0.4) is 0 Å². The molecule has 2 unspecified atom stereocenters. The number of oxime groups is 1. The third kappa shape index (κ3) is 5.84. The lowest BCUT2D eigenvalue weighted by atomic mass is 10.0. The number of nitrogens with zero attached hydrogens (tertiary/aromatic N) is 1. The van der Waals surface area contributed by atoms with Crippen LogP contribution in [0.2, 0.25) is 0 Å². The summed E-state index contributed by atoms with van der Waals surface area (Å²) < 4.78 is 5.09. The Labute approximate surface area is 147 Å². The van der Waals surface area contributed by atoms with Gasteiger partial charge in [-0.3, -0.25) is 0 Å². The molecule has 0 saturated carbocycles. The zero-order valence-electron chi connectivity index (χ0n) is 14.3. The van der Waals surface area contributed by atoms with Crippen LogP contribution in [0, 0.1) is 5.92 Å². The van der Waals surface area contributed by atoms with Crippen LogP contribution in [0.1, 0.15) is 12.5 Å². The fourth-order valence-electron chi connectivity index (χ4n) is 2.20. The summed E-state index contributed by atoms with van der Waals surface area (Å²) in [6.45, 7) is 2.11. The van der Waals surface area contributed by atoms with Crippen LogP contribution < -0.4 is 10.1 Å². The highest BCUT2D eigenvalue weighted by atomic mass is 16.6. The molecule has 6 heteroatoms. The molecule has 2 N–H and O–H groups in total. The Morgan fingerprint density at radius 1 is 1.20 bits per heavy atom. The number of methoxy groups -OCH3 is 1. The number of rotatable bonds is 9. The van der Waals surface area contributed by atoms with Crippen molar-refractivity contribution in [1.82, 2.24) is 0 Å². The third-order valence-electron chi connectivity index (χ3n) is 3.65. The molecule has 0 fully saturated rings. The minimum absolute atomic E-state index is 0.341. The van der Waals surface area contributed by atoms with Gasteiger partial charge in [-0.05, 0) is 29.8 Å². The molecule has 0 radical (unpaired) electrons. The predicted molar refractivity (Wildman–Crippen MR) is 96.9 cm³/mol. The first-order chi connectivity index (χ1) is 12.1. The highest BCUT2D eigenvalue weighted by molar-refractivity contribution is 5.82. The molecule has 2 aromatic rings. The van der Waals surface area contributed by atoms with Crippen molar-refractivity contribution < 1.29 is 19.5 Å². The molecule has 2 aromatic carbocycles. The van der Waals surface area contributed by atoms with Crippen molar-refractivity contribution in [3.8, 4) is 5.75 Å². The molecule has 0 spiro atoms. The molecule has 2 atom stereocenters. The maximum atomic E-state index is 11.5. The summed E-state index contributed by atoms with van der Waals surface area (Å²) >= 11 is 0. The second-order valence-corrected chi connectivity index (χ2v) is 5.56. The van der Waals surface area contributed by atoms with Gasteiger partial charge in [0.25, 0.3) is 0 Å². The molecular formula is C19H22N2O4. The van der Waals surface area contributed by atoms with E-state index in [2.05, 4.69) is 10.5 Å². The summed E-state index contributed by atoms with van der Waals surface area (Å²) in [4.78, 5) is 16.8. The van der Waals surface area contributed by atoms with Gasteiger partial charge in [-0.1, -0.05) is 42.4 Å². The van der Waals surface area contributed by atoms with E-state index in [9.17, 15) is 9.90 Å². The van der Waals surface area contributed by atoms with Gasteiger partial charge in [0, 0.05) is 17.8 Å². The second-order valence-electron chi connectivity index (χ2n) is 5.56. The first-order valence-corrected chi connectivity index (χ1v) is 7.93. The Kier molecular flexibility index (Phi) is 6.83. The standard InChI is InChI=1S/C19H22N2O4/c1-14(12-20-25-13-15-6-4-3-5-7-15)18(19(22)23)21-16-8-10-17(24-2)11-9-16/h3-12,14,18,21H,13H2,1-2H3,(H,22,23)/b20-12+. The van der Waals surface area contributed by atoms with Gasteiger partial charge in [0.05, 0.1) is 7.11 Å². The molecule has 0 aliphatic heterocycles. The summed E-state index contributed by atoms with van der Waals surface area (Å²) in [5.74, 6) is -0.616. The van der Waals surface area contributed by atoms with E-state index < -0.39 is 12.0 Å². The van der Waals surface area contributed by atoms with Gasteiger partial charge in [0.15, 0.2) is 0 Å². The Balaban J connectivity index is 1.91. The van der Waals surface area contributed by atoms with E-state index in [0.29, 0.717) is 18.0 Å². The molecular weight excluding hydrogens is 320 g/mol. The maximum Gasteiger partial charge on any atom is 0.326 e. The molecule has 0 amide bonds. The van der Waals surface area contributed by atoms with Gasteiger partial charge < -0.3 is 20.0 Å². The summed E-state index contributed by atoms with van der Waals surface area (Å²) in [7, 11) is 1.58. The zero-order valence-corrected chi connectivity index (χ0v) is 14.3. The van der Waals surface area contributed by atoms with Crippen molar-refractivity contribution in [2.45, 2.75) is 19.6 Å². The zero-order chi connectivity index (χ0) is 18.1. The average molecular weight is 342 g/mol. The van der Waals surface area contributed by atoms with Gasteiger partial charge >= 0.3 is 5.97 Å². The Morgan fingerprint density at radius 3 is 2.48 bits per heavy atom. The lowest BCUT2D eigenvalue weighted by molar-refractivity contribution is -0.138. The van der Waals surface area contributed by atoms with Gasteiger partial charge in [0.1, 0.15) is 18.4 Å². The minimum atomic E-state index is -0.960. The molecule has 0 saturated heterocycles. The molecule has 0 heterocycles. The van der Waals surface area contributed by atoms with Crippen molar-refractivity contribution in [3.63, 3.8) is 0 Å². The van der Waals surface area contributed by atoms with E-state index in [0.717, 1.165) is 5.56 Å². The fourth-order valence-corrected chi connectivity index (χ4v) is 2.20. The number of ether oxygens (including phenoxy) is 1. The Morgan fingerprint density at radius 2 is 1.88 bits per heavy atom. The summed E-state index contributed by atoms with van der Waals surface area (Å²) in [5, 5.41) is 16.3. The highest BCUT2D eigenvalue weighted by Gasteiger charge is 2.23. The van der Waals surface area contributed by atoms with Crippen molar-refractivity contribution in [2.75, 3.05) is 12.4 Å². The Hall–Kier alpha value is -3.02. The molecule has 0 bridgehead atoms. The molecule has 0 aliphatic carbocycles. The monoisotopic (exact) mass is 342 g/mol. The third-order valence-corrected chi connectivity index (χ3v) is 3.65. The number of benzene rings is 2. The minimum Gasteiger partial charge on any atom is -0.497 e. The van der Waals surface area contributed by atoms with Crippen molar-refractivity contribution in [1.29, 1.82) is 0 Å². The number of carbonyl (C=O) groups is 1. The number of anilines is 1. The second kappa shape index (κ2) is 9.32. The topological polar surface area (TPSA) is 80.2 Å². The van der Waals surface area contributed by atoms with Crippen LogP contribution in [0.15, 0.2) is 59.8 Å². The van der Waals surface area contributed by atoms with Gasteiger partial charge in [-0.15, -0.1) is 0 Å². The van der Waals surface area contributed by atoms with Crippen LogP contribution in [0.4, 0.5) is 5.69 Å². The van der Waals surface area contributed by atoms with E-state index in [1.807, 2.05) is 30.3 Å². The van der Waals surface area contributed by atoms with Crippen molar-refractivity contribution >= 4 is 17.9 Å². The van der Waals surface area contributed by atoms with Crippen LogP contribution >= 0.6 is 0 Å². The summed E-state index contributed by atoms with van der Waals surface area (Å²) in [6.07, 6.45) is 1.50. The van der Waals surface area contributed by atoms with Gasteiger partial charge in [-0.25, -0.2) is 4.79 Å². The quantitative estimate of drug-likeness (QED) is 0.539. The lowest BCUT2D eigenvalue weighted by Gasteiger charge is -2.19. The average Bonchev–Trinajstić information content (AvgIpc) is 2.64. The maximum absolute atomic E-state index is 11.5. The van der Waals surface area contributed by atoms with Crippen molar-refractivity contribution in [2.24, 2.45) is 11.1 Å². The van der Waals surface area contributed by atoms with E-state index >= 15 is 0 Å². The highest BCUT2D eigenvalue weighted by Crippen LogP contribution is 2.17. The summed E-state index contributed by atoms with van der Waals surface area (Å²) in [6, 6.07) is 15.9. The summed E-state index contributed by atoms with van der Waals surface area (Å²) in [5.41, 5.74) is 1.69. The number of carboxylic acids is 1. The van der Waals surface area contributed by atoms with E-state index in [1.54, 1.807) is 38.3 Å².